The number of carbonyl (C=O) groups is 1. The summed E-state index contributed by atoms with van der Waals surface area (Å²) in [4.78, 5) is 11.7. The highest BCUT2D eigenvalue weighted by Crippen LogP contribution is 2.21. The van der Waals surface area contributed by atoms with Crippen LogP contribution in [0.25, 0.3) is 0 Å². The van der Waals surface area contributed by atoms with Gasteiger partial charge in [0.2, 0.25) is 0 Å². The fraction of sp³-hybridized carbons (Fsp3) is 0.308. The van der Waals surface area contributed by atoms with Gasteiger partial charge in [-0.25, -0.2) is 0 Å². The summed E-state index contributed by atoms with van der Waals surface area (Å²) in [5.74, 6) is 0.294. The molecule has 0 aliphatic heterocycles. The minimum atomic E-state index is 0.0363. The lowest BCUT2D eigenvalue weighted by Gasteiger charge is -2.12. The second kappa shape index (κ2) is 5.38. The van der Waals surface area contributed by atoms with Crippen LogP contribution in [0.4, 0.5) is 0 Å². The molecule has 0 aliphatic carbocycles. The van der Waals surface area contributed by atoms with Crippen LogP contribution in [0.2, 0.25) is 0 Å². The number of hydrogen-bond acceptors (Lipinski definition) is 1. The van der Waals surface area contributed by atoms with Crippen molar-refractivity contribution in [3.05, 3.63) is 48.6 Å². The maximum atomic E-state index is 11.7. The van der Waals surface area contributed by atoms with Crippen LogP contribution in [0.3, 0.4) is 0 Å². The van der Waals surface area contributed by atoms with Crippen molar-refractivity contribution >= 4 is 5.78 Å². The Labute approximate surface area is 85.5 Å². The molecular weight excluding hydrogens is 172 g/mol. The minimum absolute atomic E-state index is 0.0363. The Bertz CT molecular complexity index is 300. The molecule has 0 radical (unpaired) electrons. The first-order valence-electron chi connectivity index (χ1n) is 4.98. The number of hydrogen-bond donors (Lipinski definition) is 0. The molecule has 1 rings (SSSR count). The van der Waals surface area contributed by atoms with Crippen LogP contribution in [-0.4, -0.2) is 5.78 Å². The number of ketones is 1. The van der Waals surface area contributed by atoms with Crippen molar-refractivity contribution in [1.82, 2.24) is 0 Å². The van der Waals surface area contributed by atoms with Gasteiger partial charge in [-0.05, 0) is 12.0 Å². The van der Waals surface area contributed by atoms with Crippen molar-refractivity contribution in [2.75, 3.05) is 0 Å². The number of allylic oxidation sites excluding steroid dienone is 1. The van der Waals surface area contributed by atoms with Crippen LogP contribution in [-0.2, 0) is 4.79 Å². The van der Waals surface area contributed by atoms with Crippen molar-refractivity contribution in [3.8, 4) is 0 Å². The summed E-state index contributed by atoms with van der Waals surface area (Å²) in [5.41, 5.74) is 1.11. The highest BCUT2D eigenvalue weighted by molar-refractivity contribution is 5.86. The standard InChI is InChI=1S/C13H16O/c1-3-8-13(14)12(4-2)11-9-6-5-7-10-11/h3,5-7,9-10,12H,1,4,8H2,2H3. The average Bonchev–Trinajstić information content (AvgIpc) is 2.21. The smallest absolute Gasteiger partial charge is 0.144 e. The third-order valence-electron chi connectivity index (χ3n) is 2.34. The van der Waals surface area contributed by atoms with E-state index in [4.69, 9.17) is 0 Å². The van der Waals surface area contributed by atoms with Crippen LogP contribution in [0, 0.1) is 0 Å². The van der Waals surface area contributed by atoms with Crippen LogP contribution in [0.1, 0.15) is 31.2 Å². The number of carbonyl (C=O) groups excluding carboxylic acids is 1. The van der Waals surface area contributed by atoms with Crippen molar-refractivity contribution in [2.24, 2.45) is 0 Å². The van der Waals surface area contributed by atoms with Gasteiger partial charge in [0.05, 0.1) is 0 Å². The SMILES string of the molecule is C=CCC(=O)C(CC)c1ccccc1. The monoisotopic (exact) mass is 188 g/mol. The molecule has 1 heteroatoms. The molecular formula is C13H16O. The third kappa shape index (κ3) is 2.56. The predicted octanol–water partition coefficient (Wildman–Crippen LogP) is 3.33. The van der Waals surface area contributed by atoms with E-state index in [0.29, 0.717) is 6.42 Å². The highest BCUT2D eigenvalue weighted by Gasteiger charge is 2.16. The van der Waals surface area contributed by atoms with E-state index < -0.39 is 0 Å². The van der Waals surface area contributed by atoms with Gasteiger partial charge in [-0.2, -0.15) is 0 Å². The molecule has 0 saturated heterocycles. The molecule has 0 aromatic heterocycles. The van der Waals surface area contributed by atoms with Crippen LogP contribution < -0.4 is 0 Å². The average molecular weight is 188 g/mol. The van der Waals surface area contributed by atoms with Crippen molar-refractivity contribution in [1.29, 1.82) is 0 Å². The zero-order valence-electron chi connectivity index (χ0n) is 8.57. The zero-order valence-corrected chi connectivity index (χ0v) is 8.57. The summed E-state index contributed by atoms with van der Waals surface area (Å²) in [7, 11) is 0. The Hall–Kier alpha value is -1.37. The van der Waals surface area contributed by atoms with E-state index in [0.717, 1.165) is 12.0 Å². The van der Waals surface area contributed by atoms with Crippen molar-refractivity contribution < 1.29 is 4.79 Å². The van der Waals surface area contributed by atoms with E-state index in [9.17, 15) is 4.79 Å². The molecule has 0 N–H and O–H groups in total. The zero-order chi connectivity index (χ0) is 10.4. The molecule has 0 saturated carbocycles. The maximum Gasteiger partial charge on any atom is 0.144 e. The summed E-state index contributed by atoms with van der Waals surface area (Å²) in [6.45, 7) is 5.63. The lowest BCUT2D eigenvalue weighted by Crippen LogP contribution is -2.10. The van der Waals surface area contributed by atoms with Gasteiger partial charge in [0.1, 0.15) is 5.78 Å². The molecule has 1 nitrogen and oxygen atoms in total. The van der Waals surface area contributed by atoms with E-state index in [-0.39, 0.29) is 11.7 Å². The van der Waals surface area contributed by atoms with Crippen molar-refractivity contribution in [2.45, 2.75) is 25.7 Å². The maximum absolute atomic E-state index is 11.7. The first kappa shape index (κ1) is 10.7. The first-order valence-corrected chi connectivity index (χ1v) is 4.98. The Kier molecular flexibility index (Phi) is 4.11. The van der Waals surface area contributed by atoms with E-state index in [2.05, 4.69) is 6.58 Å². The molecule has 0 fully saturated rings. The Morgan fingerprint density at radius 1 is 1.43 bits per heavy atom. The van der Waals surface area contributed by atoms with Crippen LogP contribution >= 0.6 is 0 Å². The summed E-state index contributed by atoms with van der Waals surface area (Å²) < 4.78 is 0. The molecule has 14 heavy (non-hydrogen) atoms. The number of Topliss-reactive ketones (excluding diaryl/α,β-unsaturated/α-hetero) is 1. The van der Waals surface area contributed by atoms with Crippen LogP contribution in [0.5, 0.6) is 0 Å². The Morgan fingerprint density at radius 2 is 2.07 bits per heavy atom. The van der Waals surface area contributed by atoms with Gasteiger partial charge >= 0.3 is 0 Å². The largest absolute Gasteiger partial charge is 0.299 e. The molecule has 1 atom stereocenters. The van der Waals surface area contributed by atoms with E-state index >= 15 is 0 Å². The van der Waals surface area contributed by atoms with Gasteiger partial charge in [0, 0.05) is 12.3 Å². The van der Waals surface area contributed by atoms with Gasteiger partial charge in [-0.15, -0.1) is 6.58 Å². The quantitative estimate of drug-likeness (QED) is 0.648. The number of benzene rings is 1. The topological polar surface area (TPSA) is 17.1 Å². The molecule has 74 valence electrons. The Balaban J connectivity index is 2.82. The van der Waals surface area contributed by atoms with Gasteiger partial charge in [-0.1, -0.05) is 43.3 Å². The third-order valence-corrected chi connectivity index (χ3v) is 2.34. The Morgan fingerprint density at radius 3 is 2.57 bits per heavy atom. The lowest BCUT2D eigenvalue weighted by molar-refractivity contribution is -0.119. The molecule has 1 aromatic carbocycles. The van der Waals surface area contributed by atoms with E-state index in [1.807, 2.05) is 37.3 Å². The van der Waals surface area contributed by atoms with Gasteiger partial charge in [0.15, 0.2) is 0 Å². The second-order valence-corrected chi connectivity index (χ2v) is 3.33. The molecule has 0 aliphatic rings. The van der Waals surface area contributed by atoms with Gasteiger partial charge in [-0.3, -0.25) is 4.79 Å². The normalized spacial score (nSPS) is 12.1. The first-order chi connectivity index (χ1) is 6.79. The molecule has 0 heterocycles. The molecule has 1 unspecified atom stereocenters. The summed E-state index contributed by atoms with van der Waals surface area (Å²) >= 11 is 0. The highest BCUT2D eigenvalue weighted by atomic mass is 16.1. The molecule has 0 spiro atoms. The predicted molar refractivity (Wildman–Crippen MR) is 59.3 cm³/mol. The fourth-order valence-electron chi connectivity index (χ4n) is 1.62. The van der Waals surface area contributed by atoms with E-state index in [1.165, 1.54) is 0 Å². The molecule has 0 bridgehead atoms. The molecule has 0 amide bonds. The minimum Gasteiger partial charge on any atom is -0.299 e. The lowest BCUT2D eigenvalue weighted by atomic mass is 9.91. The van der Waals surface area contributed by atoms with Gasteiger partial charge in [0.25, 0.3) is 0 Å². The van der Waals surface area contributed by atoms with Gasteiger partial charge < -0.3 is 0 Å². The summed E-state index contributed by atoms with van der Waals surface area (Å²) in [5, 5.41) is 0. The summed E-state index contributed by atoms with van der Waals surface area (Å²) in [6, 6.07) is 9.93. The summed E-state index contributed by atoms with van der Waals surface area (Å²) in [6.07, 6.45) is 3.00. The second-order valence-electron chi connectivity index (χ2n) is 3.33. The van der Waals surface area contributed by atoms with Crippen molar-refractivity contribution in [3.63, 3.8) is 0 Å². The molecule has 1 aromatic rings. The fourth-order valence-corrected chi connectivity index (χ4v) is 1.62. The number of rotatable bonds is 5. The van der Waals surface area contributed by atoms with E-state index in [1.54, 1.807) is 6.08 Å². The van der Waals surface area contributed by atoms with Crippen LogP contribution in [0.15, 0.2) is 43.0 Å².